The van der Waals surface area contributed by atoms with E-state index in [4.69, 9.17) is 4.42 Å². The number of aryl methyl sites for hydroxylation is 1. The van der Waals surface area contributed by atoms with Gasteiger partial charge in [0.05, 0.1) is 5.69 Å². The van der Waals surface area contributed by atoms with E-state index in [1.807, 2.05) is 6.92 Å². The molecule has 0 N–H and O–H groups in total. The molecule has 0 saturated carbocycles. The van der Waals surface area contributed by atoms with Crippen molar-refractivity contribution in [2.45, 2.75) is 65.1 Å². The Morgan fingerprint density at radius 3 is 1.69 bits per heavy atom. The van der Waals surface area contributed by atoms with Crippen LogP contribution in [0.25, 0.3) is 0 Å². The summed E-state index contributed by atoms with van der Waals surface area (Å²) in [5.74, 6) is 0. The molecule has 0 unspecified atom stereocenters. The summed E-state index contributed by atoms with van der Waals surface area (Å²) in [6.07, 6.45) is 1.80. The highest BCUT2D eigenvalue weighted by atomic mass is 28.3. The summed E-state index contributed by atoms with van der Waals surface area (Å²) in [4.78, 5) is 4.64. The van der Waals surface area contributed by atoms with Crippen LogP contribution in [0.3, 0.4) is 0 Å². The highest BCUT2D eigenvalue weighted by Gasteiger charge is 2.48. The fraction of sp³-hybridized carbons (Fsp3) is 0.769. The minimum atomic E-state index is -1.66. The zero-order chi connectivity index (χ0) is 12.5. The van der Waals surface area contributed by atoms with E-state index >= 15 is 0 Å². The highest BCUT2D eigenvalue weighted by Crippen LogP contribution is 2.40. The molecule has 0 aliphatic carbocycles. The molecule has 0 aliphatic heterocycles. The van der Waals surface area contributed by atoms with Crippen molar-refractivity contribution in [3.63, 3.8) is 0 Å². The Labute approximate surface area is 100 Å². The van der Waals surface area contributed by atoms with Gasteiger partial charge in [-0.15, -0.1) is 0 Å². The largest absolute Gasteiger partial charge is 0.454 e. The molecule has 1 aromatic heterocycles. The molecule has 2 nitrogen and oxygen atoms in total. The van der Waals surface area contributed by atoms with Crippen molar-refractivity contribution in [2.75, 3.05) is 0 Å². The van der Waals surface area contributed by atoms with Gasteiger partial charge in [-0.2, -0.15) is 0 Å². The van der Waals surface area contributed by atoms with E-state index < -0.39 is 8.07 Å². The maximum Gasteiger partial charge on any atom is 0.167 e. The van der Waals surface area contributed by atoms with Crippen molar-refractivity contribution in [1.82, 2.24) is 4.98 Å². The molecule has 3 heteroatoms. The van der Waals surface area contributed by atoms with Gasteiger partial charge in [0.25, 0.3) is 0 Å². The van der Waals surface area contributed by atoms with E-state index in [2.05, 4.69) is 46.5 Å². The van der Waals surface area contributed by atoms with Gasteiger partial charge in [0, 0.05) is 0 Å². The topological polar surface area (TPSA) is 26.0 Å². The molecule has 0 aliphatic rings. The van der Waals surface area contributed by atoms with Crippen LogP contribution in [0.2, 0.25) is 16.6 Å². The van der Waals surface area contributed by atoms with Crippen LogP contribution < -0.4 is 5.51 Å². The van der Waals surface area contributed by atoms with Crippen LogP contribution in [0.4, 0.5) is 0 Å². The molecule has 1 aromatic rings. The number of nitrogens with zero attached hydrogens (tertiary/aromatic N) is 1. The molecule has 92 valence electrons. The molecule has 16 heavy (non-hydrogen) atoms. The Morgan fingerprint density at radius 2 is 1.44 bits per heavy atom. The van der Waals surface area contributed by atoms with Crippen LogP contribution in [-0.2, 0) is 0 Å². The molecule has 0 fully saturated rings. The zero-order valence-corrected chi connectivity index (χ0v) is 12.7. The van der Waals surface area contributed by atoms with Crippen molar-refractivity contribution < 1.29 is 4.42 Å². The molecule has 0 spiro atoms. The third-order valence-electron chi connectivity index (χ3n) is 3.86. The molecular weight excluding hydrogens is 214 g/mol. The van der Waals surface area contributed by atoms with Gasteiger partial charge in [0.1, 0.15) is 6.26 Å². The number of oxazole rings is 1. The van der Waals surface area contributed by atoms with E-state index in [0.717, 1.165) is 11.2 Å². The van der Waals surface area contributed by atoms with Crippen molar-refractivity contribution >= 4 is 13.6 Å². The Bertz CT molecular complexity index is 320. The summed E-state index contributed by atoms with van der Waals surface area (Å²) in [5.41, 5.74) is 4.03. The van der Waals surface area contributed by atoms with Gasteiger partial charge >= 0.3 is 0 Å². The van der Waals surface area contributed by atoms with Crippen LogP contribution >= 0.6 is 0 Å². The Hall–Kier alpha value is -0.573. The molecule has 0 radical (unpaired) electrons. The van der Waals surface area contributed by atoms with Crippen LogP contribution in [0.5, 0.6) is 0 Å². The number of hydrogen-bond acceptors (Lipinski definition) is 2. The van der Waals surface area contributed by atoms with Crippen molar-refractivity contribution in [3.8, 4) is 0 Å². The van der Waals surface area contributed by atoms with E-state index in [-0.39, 0.29) is 0 Å². The Balaban J connectivity index is 3.33. The molecule has 0 amide bonds. The fourth-order valence-corrected chi connectivity index (χ4v) is 9.41. The van der Waals surface area contributed by atoms with E-state index in [1.165, 1.54) is 0 Å². The number of rotatable bonds is 4. The standard InChI is InChI=1S/C13H25NOSi/c1-9(2)16(10(3)4,11(5)6)13-14-12(7)8-15-13/h8-11H,1-7H3. The fourth-order valence-electron chi connectivity index (χ4n) is 3.29. The zero-order valence-electron chi connectivity index (χ0n) is 11.7. The van der Waals surface area contributed by atoms with Crippen molar-refractivity contribution in [1.29, 1.82) is 0 Å². The smallest absolute Gasteiger partial charge is 0.167 e. The predicted molar refractivity (Wildman–Crippen MR) is 71.9 cm³/mol. The van der Waals surface area contributed by atoms with Gasteiger partial charge in [-0.25, -0.2) is 4.98 Å². The van der Waals surface area contributed by atoms with Gasteiger partial charge in [0.15, 0.2) is 13.6 Å². The third-order valence-corrected chi connectivity index (χ3v) is 10.6. The average Bonchev–Trinajstić information content (AvgIpc) is 2.50. The number of aromatic nitrogens is 1. The first-order chi connectivity index (χ1) is 7.33. The summed E-state index contributed by atoms with van der Waals surface area (Å²) < 4.78 is 5.76. The second-order valence-corrected chi connectivity index (χ2v) is 11.4. The van der Waals surface area contributed by atoms with E-state index in [9.17, 15) is 0 Å². The summed E-state index contributed by atoms with van der Waals surface area (Å²) in [7, 11) is -1.66. The average molecular weight is 239 g/mol. The van der Waals surface area contributed by atoms with E-state index in [0.29, 0.717) is 16.6 Å². The maximum absolute atomic E-state index is 5.76. The minimum Gasteiger partial charge on any atom is -0.454 e. The first-order valence-corrected chi connectivity index (χ1v) is 8.49. The molecule has 1 rings (SSSR count). The van der Waals surface area contributed by atoms with E-state index in [1.54, 1.807) is 6.26 Å². The van der Waals surface area contributed by atoms with Crippen LogP contribution in [0, 0.1) is 6.92 Å². The molecule has 0 bridgehead atoms. The molecular formula is C13H25NOSi. The van der Waals surface area contributed by atoms with Crippen LogP contribution in [0.15, 0.2) is 10.7 Å². The lowest BCUT2D eigenvalue weighted by Crippen LogP contribution is -2.56. The summed E-state index contributed by atoms with van der Waals surface area (Å²) in [6, 6.07) is 0. The lowest BCUT2D eigenvalue weighted by molar-refractivity contribution is 0.579. The highest BCUT2D eigenvalue weighted by molar-refractivity contribution is 6.93. The van der Waals surface area contributed by atoms with Gasteiger partial charge < -0.3 is 4.42 Å². The first-order valence-electron chi connectivity index (χ1n) is 6.26. The SMILES string of the molecule is Cc1coc([Si](C(C)C)(C(C)C)C(C)C)n1. The first kappa shape index (κ1) is 13.5. The second-order valence-electron chi connectivity index (χ2n) is 5.69. The molecule has 0 aromatic carbocycles. The van der Waals surface area contributed by atoms with Crippen molar-refractivity contribution in [3.05, 3.63) is 12.0 Å². The monoisotopic (exact) mass is 239 g/mol. The lowest BCUT2D eigenvalue weighted by atomic mass is 10.5. The van der Waals surface area contributed by atoms with Gasteiger partial charge in [-0.3, -0.25) is 0 Å². The quantitative estimate of drug-likeness (QED) is 0.746. The third kappa shape index (κ3) is 1.97. The molecule has 0 saturated heterocycles. The second kappa shape index (κ2) is 4.74. The minimum absolute atomic E-state index is 0.658. The van der Waals surface area contributed by atoms with Gasteiger partial charge in [0.2, 0.25) is 0 Å². The normalized spacial score (nSPS) is 13.1. The summed E-state index contributed by atoms with van der Waals surface area (Å²) in [6.45, 7) is 16.0. The molecule has 0 atom stereocenters. The summed E-state index contributed by atoms with van der Waals surface area (Å²) in [5, 5.41) is 0. The van der Waals surface area contributed by atoms with Crippen molar-refractivity contribution in [2.24, 2.45) is 0 Å². The predicted octanol–water partition coefficient (Wildman–Crippen LogP) is 3.87. The summed E-state index contributed by atoms with van der Waals surface area (Å²) >= 11 is 0. The van der Waals surface area contributed by atoms with Crippen LogP contribution in [0.1, 0.15) is 47.2 Å². The lowest BCUT2D eigenvalue weighted by Gasteiger charge is -2.39. The number of hydrogen-bond donors (Lipinski definition) is 0. The Morgan fingerprint density at radius 1 is 1.00 bits per heavy atom. The Kier molecular flexibility index (Phi) is 4.00. The van der Waals surface area contributed by atoms with Crippen LogP contribution in [-0.4, -0.2) is 13.1 Å². The van der Waals surface area contributed by atoms with Gasteiger partial charge in [-0.1, -0.05) is 41.5 Å². The van der Waals surface area contributed by atoms with Gasteiger partial charge in [-0.05, 0) is 23.5 Å². The molecule has 1 heterocycles. The maximum atomic E-state index is 5.76.